The van der Waals surface area contributed by atoms with E-state index in [4.69, 9.17) is 5.41 Å². The number of aromatic nitrogens is 2. The largest absolute Gasteiger partial charge is 0.346 e. The van der Waals surface area contributed by atoms with Crippen LogP contribution in [0.15, 0.2) is 24.5 Å². The smallest absolute Gasteiger partial charge is 0.137 e. The van der Waals surface area contributed by atoms with Crippen molar-refractivity contribution in [2.45, 2.75) is 26.7 Å². The Morgan fingerprint density at radius 1 is 1.56 bits per heavy atom. The molecule has 0 aliphatic rings. The summed E-state index contributed by atoms with van der Waals surface area (Å²) in [6.07, 6.45) is 5.75. The molecule has 0 amide bonds. The van der Waals surface area contributed by atoms with Gasteiger partial charge in [0.1, 0.15) is 5.65 Å². The summed E-state index contributed by atoms with van der Waals surface area (Å²) in [6.45, 7) is 4.02. The van der Waals surface area contributed by atoms with E-state index < -0.39 is 0 Å². The Morgan fingerprint density at radius 2 is 2.38 bits per heavy atom. The predicted molar refractivity (Wildman–Crippen MR) is 67.0 cm³/mol. The molecule has 0 saturated heterocycles. The van der Waals surface area contributed by atoms with Gasteiger partial charge in [0.25, 0.3) is 0 Å². The molecule has 2 rings (SSSR count). The zero-order valence-electron chi connectivity index (χ0n) is 9.75. The summed E-state index contributed by atoms with van der Waals surface area (Å²) in [5.74, 6) is 0.346. The van der Waals surface area contributed by atoms with Crippen LogP contribution < -0.4 is 0 Å². The number of fused-ring (bicyclic) bond motifs is 1. The van der Waals surface area contributed by atoms with Crippen molar-refractivity contribution in [2.75, 3.05) is 0 Å². The van der Waals surface area contributed by atoms with Crippen molar-refractivity contribution in [3.63, 3.8) is 0 Å². The zero-order chi connectivity index (χ0) is 11.5. The lowest BCUT2D eigenvalue weighted by atomic mass is 9.93. The number of nitrogens with one attached hydrogen (secondary N) is 2. The highest BCUT2D eigenvalue weighted by atomic mass is 14.8. The van der Waals surface area contributed by atoms with Crippen LogP contribution in [0.25, 0.3) is 11.0 Å². The van der Waals surface area contributed by atoms with Crippen LogP contribution in [-0.4, -0.2) is 15.7 Å². The Bertz CT molecular complexity index is 499. The first-order valence-corrected chi connectivity index (χ1v) is 5.68. The highest BCUT2D eigenvalue weighted by Gasteiger charge is 2.12. The van der Waals surface area contributed by atoms with Gasteiger partial charge in [0.2, 0.25) is 0 Å². The van der Waals surface area contributed by atoms with Crippen molar-refractivity contribution in [3.8, 4) is 0 Å². The Balaban J connectivity index is 2.30. The molecule has 0 bridgehead atoms. The lowest BCUT2D eigenvalue weighted by Gasteiger charge is -2.12. The summed E-state index contributed by atoms with van der Waals surface area (Å²) < 4.78 is 0. The molecule has 0 aliphatic heterocycles. The summed E-state index contributed by atoms with van der Waals surface area (Å²) in [4.78, 5) is 7.45. The van der Waals surface area contributed by atoms with Crippen LogP contribution in [0.4, 0.5) is 0 Å². The van der Waals surface area contributed by atoms with Crippen LogP contribution in [0.1, 0.15) is 25.8 Å². The minimum atomic E-state index is 0.346. The second-order valence-corrected chi connectivity index (χ2v) is 4.21. The summed E-state index contributed by atoms with van der Waals surface area (Å²) in [7, 11) is 0. The zero-order valence-corrected chi connectivity index (χ0v) is 9.75. The van der Waals surface area contributed by atoms with Crippen LogP contribution >= 0.6 is 0 Å². The molecule has 2 N–H and O–H groups in total. The fourth-order valence-electron chi connectivity index (χ4n) is 2.05. The van der Waals surface area contributed by atoms with Gasteiger partial charge in [-0.15, -0.1) is 0 Å². The fraction of sp³-hybridized carbons (Fsp3) is 0.385. The van der Waals surface area contributed by atoms with Crippen LogP contribution in [0.5, 0.6) is 0 Å². The number of hydrogen-bond acceptors (Lipinski definition) is 2. The first kappa shape index (κ1) is 10.9. The minimum absolute atomic E-state index is 0.346. The molecule has 3 heteroatoms. The van der Waals surface area contributed by atoms with Gasteiger partial charge in [0, 0.05) is 29.4 Å². The molecule has 0 aromatic carbocycles. The number of rotatable bonds is 4. The minimum Gasteiger partial charge on any atom is -0.346 e. The van der Waals surface area contributed by atoms with Crippen molar-refractivity contribution in [1.82, 2.24) is 9.97 Å². The first-order chi connectivity index (χ1) is 7.72. The Kier molecular flexibility index (Phi) is 3.04. The SMILES string of the molecule is CC[C@H](Cc1c[nH]c2ncccc12)C(C)=N. The van der Waals surface area contributed by atoms with E-state index in [9.17, 15) is 0 Å². The standard InChI is InChI=1S/C13H17N3/c1-3-10(9(2)14)7-11-8-16-13-12(11)5-4-6-15-13/h4-6,8,10,14H,3,7H2,1-2H3,(H,15,16)/t10-/m1/s1. The molecule has 2 aromatic rings. The Hall–Kier alpha value is -1.64. The average Bonchev–Trinajstić information content (AvgIpc) is 2.69. The maximum Gasteiger partial charge on any atom is 0.137 e. The first-order valence-electron chi connectivity index (χ1n) is 5.68. The number of aromatic amines is 1. The van der Waals surface area contributed by atoms with Gasteiger partial charge < -0.3 is 10.4 Å². The van der Waals surface area contributed by atoms with Gasteiger partial charge >= 0.3 is 0 Å². The molecule has 0 spiro atoms. The highest BCUT2D eigenvalue weighted by molar-refractivity contribution is 5.84. The van der Waals surface area contributed by atoms with E-state index in [1.54, 1.807) is 6.20 Å². The van der Waals surface area contributed by atoms with Crippen molar-refractivity contribution in [1.29, 1.82) is 5.41 Å². The molecule has 84 valence electrons. The number of nitrogens with zero attached hydrogens (tertiary/aromatic N) is 1. The third kappa shape index (κ3) is 1.98. The van der Waals surface area contributed by atoms with Gasteiger partial charge in [-0.3, -0.25) is 0 Å². The fourth-order valence-corrected chi connectivity index (χ4v) is 2.05. The van der Waals surface area contributed by atoms with Crippen molar-refractivity contribution >= 4 is 16.7 Å². The van der Waals surface area contributed by atoms with Crippen molar-refractivity contribution in [3.05, 3.63) is 30.1 Å². The van der Waals surface area contributed by atoms with Gasteiger partial charge in [-0.1, -0.05) is 6.92 Å². The molecule has 0 unspecified atom stereocenters. The molecule has 1 atom stereocenters. The van der Waals surface area contributed by atoms with Crippen molar-refractivity contribution < 1.29 is 0 Å². The summed E-state index contributed by atoms with van der Waals surface area (Å²) in [6, 6.07) is 4.04. The lowest BCUT2D eigenvalue weighted by Crippen LogP contribution is -2.11. The van der Waals surface area contributed by atoms with Crippen molar-refractivity contribution in [2.24, 2.45) is 5.92 Å². The Labute approximate surface area is 95.4 Å². The molecular formula is C13H17N3. The molecule has 0 aliphatic carbocycles. The van der Waals surface area contributed by atoms with E-state index in [1.807, 2.05) is 19.2 Å². The molecular weight excluding hydrogens is 198 g/mol. The second kappa shape index (κ2) is 4.47. The number of hydrogen-bond donors (Lipinski definition) is 2. The average molecular weight is 215 g/mol. The quantitative estimate of drug-likeness (QED) is 0.756. The lowest BCUT2D eigenvalue weighted by molar-refractivity contribution is 0.658. The van der Waals surface area contributed by atoms with Gasteiger partial charge in [-0.05, 0) is 37.5 Å². The van der Waals surface area contributed by atoms with E-state index >= 15 is 0 Å². The van der Waals surface area contributed by atoms with Crippen LogP contribution in [0.2, 0.25) is 0 Å². The molecule has 0 radical (unpaired) electrons. The van der Waals surface area contributed by atoms with Gasteiger partial charge in [-0.25, -0.2) is 4.98 Å². The normalized spacial score (nSPS) is 12.9. The molecule has 2 aromatic heterocycles. The molecule has 0 fully saturated rings. The van der Waals surface area contributed by atoms with E-state index in [0.717, 1.165) is 24.2 Å². The van der Waals surface area contributed by atoms with Gasteiger partial charge in [0.05, 0.1) is 0 Å². The topological polar surface area (TPSA) is 52.5 Å². The molecule has 0 saturated carbocycles. The second-order valence-electron chi connectivity index (χ2n) is 4.21. The number of pyridine rings is 1. The number of H-pyrrole nitrogens is 1. The third-order valence-corrected chi connectivity index (χ3v) is 3.11. The van der Waals surface area contributed by atoms with Crippen LogP contribution in [0.3, 0.4) is 0 Å². The monoisotopic (exact) mass is 215 g/mol. The van der Waals surface area contributed by atoms with E-state index in [0.29, 0.717) is 5.92 Å². The predicted octanol–water partition coefficient (Wildman–Crippen LogP) is 3.17. The maximum atomic E-state index is 7.74. The van der Waals surface area contributed by atoms with Crippen LogP contribution in [0, 0.1) is 11.3 Å². The summed E-state index contributed by atoms with van der Waals surface area (Å²) in [5.41, 5.74) is 2.97. The summed E-state index contributed by atoms with van der Waals surface area (Å²) >= 11 is 0. The third-order valence-electron chi connectivity index (χ3n) is 3.11. The maximum absolute atomic E-state index is 7.74. The molecule has 3 nitrogen and oxygen atoms in total. The van der Waals surface area contributed by atoms with E-state index in [-0.39, 0.29) is 0 Å². The molecule has 2 heterocycles. The highest BCUT2D eigenvalue weighted by Crippen LogP contribution is 2.21. The summed E-state index contributed by atoms with van der Waals surface area (Å²) in [5, 5.41) is 8.92. The molecule has 16 heavy (non-hydrogen) atoms. The van der Waals surface area contributed by atoms with Gasteiger partial charge in [-0.2, -0.15) is 0 Å². The van der Waals surface area contributed by atoms with Gasteiger partial charge in [0.15, 0.2) is 0 Å². The van der Waals surface area contributed by atoms with E-state index in [1.165, 1.54) is 10.9 Å². The van der Waals surface area contributed by atoms with E-state index in [2.05, 4.69) is 23.0 Å². The van der Waals surface area contributed by atoms with Crippen LogP contribution in [-0.2, 0) is 6.42 Å². The Morgan fingerprint density at radius 3 is 3.06 bits per heavy atom.